The zero-order chi connectivity index (χ0) is 28.2. The van der Waals surface area contributed by atoms with Crippen molar-refractivity contribution in [2.45, 2.75) is 30.6 Å². The Hall–Kier alpha value is -4.07. The van der Waals surface area contributed by atoms with Gasteiger partial charge in [-0.15, -0.1) is 0 Å². The fourth-order valence-electron chi connectivity index (χ4n) is 3.79. The first-order valence-electron chi connectivity index (χ1n) is 11.6. The first-order valence-corrected chi connectivity index (χ1v) is 15.0. The Morgan fingerprint density at radius 3 is 1.59 bits per heavy atom. The number of nitrogens with zero attached hydrogens (tertiary/aromatic N) is 2. The lowest BCUT2D eigenvalue weighted by Gasteiger charge is -2.15. The van der Waals surface area contributed by atoms with Crippen molar-refractivity contribution in [1.29, 1.82) is 0 Å². The molecule has 202 valence electrons. The number of sulfonamides is 2. The summed E-state index contributed by atoms with van der Waals surface area (Å²) in [6.45, 7) is 5.69. The van der Waals surface area contributed by atoms with Gasteiger partial charge in [0.1, 0.15) is 0 Å². The van der Waals surface area contributed by atoms with Crippen LogP contribution < -0.4 is 20.1 Å². The lowest BCUT2D eigenvalue weighted by Crippen LogP contribution is -2.19. The predicted molar refractivity (Wildman–Crippen MR) is 157 cm³/mol. The van der Waals surface area contributed by atoms with Gasteiger partial charge >= 0.3 is 0 Å². The van der Waals surface area contributed by atoms with Gasteiger partial charge in [0, 0.05) is 23.8 Å². The monoisotopic (exact) mass is 582 g/mol. The topological polar surface area (TPSA) is 142 Å². The average Bonchev–Trinajstić information content (AvgIpc) is 2.87. The number of aryl methyl sites for hydroxylation is 3. The first kappa shape index (κ1) is 28.0. The normalized spacial score (nSPS) is 11.5. The lowest BCUT2D eigenvalue weighted by molar-refractivity contribution is 0.599. The van der Waals surface area contributed by atoms with E-state index in [0.29, 0.717) is 17.1 Å². The zero-order valence-corrected chi connectivity index (χ0v) is 23.7. The Labute approximate surface area is 233 Å². The number of hydrogen-bond donors (Lipinski definition) is 4. The molecule has 0 radical (unpaired) electrons. The van der Waals surface area contributed by atoms with E-state index in [4.69, 9.17) is 12.2 Å². The van der Waals surface area contributed by atoms with Crippen LogP contribution in [0.4, 0.5) is 23.0 Å². The number of hydrogen-bond acceptors (Lipinski definition) is 7. The van der Waals surface area contributed by atoms with E-state index in [0.717, 1.165) is 16.7 Å². The van der Waals surface area contributed by atoms with Crippen LogP contribution in [-0.2, 0) is 20.0 Å². The van der Waals surface area contributed by atoms with Crippen LogP contribution in [-0.4, -0.2) is 31.9 Å². The Balaban J connectivity index is 1.37. The molecule has 13 heteroatoms. The molecule has 0 spiro atoms. The van der Waals surface area contributed by atoms with Crippen molar-refractivity contribution in [2.75, 3.05) is 20.1 Å². The zero-order valence-electron chi connectivity index (χ0n) is 21.3. The van der Waals surface area contributed by atoms with Gasteiger partial charge in [-0.3, -0.25) is 4.72 Å². The maximum atomic E-state index is 12.9. The molecular formula is C26H26N6O4S3. The molecule has 0 aliphatic heterocycles. The minimum atomic E-state index is -3.86. The molecule has 0 aliphatic carbocycles. The Bertz CT molecular complexity index is 1690. The van der Waals surface area contributed by atoms with Gasteiger partial charge in [-0.1, -0.05) is 17.7 Å². The number of nitrogens with one attached hydrogen (secondary N) is 4. The third kappa shape index (κ3) is 7.07. The molecule has 0 aliphatic rings. The number of anilines is 4. The van der Waals surface area contributed by atoms with E-state index >= 15 is 0 Å². The van der Waals surface area contributed by atoms with E-state index in [1.165, 1.54) is 36.7 Å². The molecule has 3 aromatic carbocycles. The second kappa shape index (κ2) is 11.4. The molecule has 0 amide bonds. The van der Waals surface area contributed by atoms with Crippen LogP contribution in [0.25, 0.3) is 0 Å². The SMILES string of the molecule is Cc1cc(C)c(NS(=O)(=O)c2ccc(NC(=S)Nc3ccc(S(=O)(=O)Nc4ncccn4)cc3)cc2)c(C)c1. The summed E-state index contributed by atoms with van der Waals surface area (Å²) in [5, 5.41) is 6.18. The second-order valence-corrected chi connectivity index (χ2v) is 12.5. The highest BCUT2D eigenvalue weighted by atomic mass is 32.2. The molecule has 1 heterocycles. The molecule has 0 bridgehead atoms. The van der Waals surface area contributed by atoms with Crippen molar-refractivity contribution in [1.82, 2.24) is 9.97 Å². The number of rotatable bonds is 8. The molecule has 4 N–H and O–H groups in total. The number of aromatic nitrogens is 2. The molecule has 4 aromatic rings. The van der Waals surface area contributed by atoms with Gasteiger partial charge < -0.3 is 10.6 Å². The van der Waals surface area contributed by atoms with Crippen LogP contribution in [0.1, 0.15) is 16.7 Å². The van der Waals surface area contributed by atoms with Gasteiger partial charge in [-0.2, -0.15) is 0 Å². The highest BCUT2D eigenvalue weighted by molar-refractivity contribution is 7.93. The molecule has 39 heavy (non-hydrogen) atoms. The van der Waals surface area contributed by atoms with Crippen molar-refractivity contribution in [3.8, 4) is 0 Å². The summed E-state index contributed by atoms with van der Waals surface area (Å²) in [4.78, 5) is 7.85. The molecule has 0 fully saturated rings. The molecule has 0 saturated carbocycles. The summed E-state index contributed by atoms with van der Waals surface area (Å²) in [6, 6.07) is 17.6. The largest absolute Gasteiger partial charge is 0.332 e. The summed E-state index contributed by atoms with van der Waals surface area (Å²) in [5.41, 5.74) is 4.44. The molecule has 0 atom stereocenters. The van der Waals surface area contributed by atoms with E-state index < -0.39 is 20.0 Å². The predicted octanol–water partition coefficient (Wildman–Crippen LogP) is 4.81. The van der Waals surface area contributed by atoms with Crippen molar-refractivity contribution in [3.05, 3.63) is 95.8 Å². The summed E-state index contributed by atoms with van der Waals surface area (Å²) in [5.74, 6) is -0.0277. The standard InChI is InChI=1S/C26H26N6O4S3/c1-17-15-18(2)24(19(3)16-17)31-38(33,34)22-9-5-20(6-10-22)29-26(37)30-21-7-11-23(12-8-21)39(35,36)32-25-27-13-4-14-28-25/h4-16,31H,1-3H3,(H,27,28,32)(H2,29,30,37). The van der Waals surface area contributed by atoms with Crippen molar-refractivity contribution in [3.63, 3.8) is 0 Å². The minimum Gasteiger partial charge on any atom is -0.332 e. The molecule has 10 nitrogen and oxygen atoms in total. The minimum absolute atomic E-state index is 0.0277. The highest BCUT2D eigenvalue weighted by Gasteiger charge is 2.18. The third-order valence-electron chi connectivity index (χ3n) is 5.55. The van der Waals surface area contributed by atoms with E-state index in [1.54, 1.807) is 30.3 Å². The summed E-state index contributed by atoms with van der Waals surface area (Å²) in [6.07, 6.45) is 2.87. The van der Waals surface area contributed by atoms with Crippen LogP contribution in [0.5, 0.6) is 0 Å². The van der Waals surface area contributed by atoms with Crippen molar-refractivity contribution < 1.29 is 16.8 Å². The smallest absolute Gasteiger partial charge is 0.264 e. The fraction of sp³-hybridized carbons (Fsp3) is 0.115. The summed E-state index contributed by atoms with van der Waals surface area (Å²) in [7, 11) is -7.65. The average molecular weight is 583 g/mol. The Kier molecular flexibility index (Phi) is 8.14. The van der Waals surface area contributed by atoms with Crippen LogP contribution in [0.2, 0.25) is 0 Å². The van der Waals surface area contributed by atoms with Gasteiger partial charge in [0.15, 0.2) is 5.11 Å². The molecule has 4 rings (SSSR count). The quantitative estimate of drug-likeness (QED) is 0.215. The van der Waals surface area contributed by atoms with Gasteiger partial charge in [0.25, 0.3) is 20.0 Å². The van der Waals surface area contributed by atoms with E-state index in [1.807, 2.05) is 32.9 Å². The Morgan fingerprint density at radius 1 is 0.692 bits per heavy atom. The van der Waals surface area contributed by atoms with Crippen LogP contribution in [0, 0.1) is 20.8 Å². The van der Waals surface area contributed by atoms with Crippen LogP contribution in [0.15, 0.2) is 88.9 Å². The first-order chi connectivity index (χ1) is 18.4. The van der Waals surface area contributed by atoms with Gasteiger partial charge in [0.2, 0.25) is 5.95 Å². The second-order valence-electron chi connectivity index (χ2n) is 8.68. The maximum absolute atomic E-state index is 12.9. The van der Waals surface area contributed by atoms with Gasteiger partial charge in [-0.25, -0.2) is 31.5 Å². The maximum Gasteiger partial charge on any atom is 0.264 e. The molecule has 0 saturated heterocycles. The highest BCUT2D eigenvalue weighted by Crippen LogP contribution is 2.26. The number of benzene rings is 3. The molecule has 1 aromatic heterocycles. The molecular weight excluding hydrogens is 557 g/mol. The van der Waals surface area contributed by atoms with E-state index in [-0.39, 0.29) is 20.9 Å². The van der Waals surface area contributed by atoms with Gasteiger partial charge in [0.05, 0.1) is 15.5 Å². The van der Waals surface area contributed by atoms with Crippen molar-refractivity contribution >= 4 is 60.4 Å². The molecule has 0 unspecified atom stereocenters. The fourth-order valence-corrected chi connectivity index (χ4v) is 6.19. The van der Waals surface area contributed by atoms with E-state index in [2.05, 4.69) is 30.0 Å². The summed E-state index contributed by atoms with van der Waals surface area (Å²) < 4.78 is 55.9. The Morgan fingerprint density at radius 2 is 1.13 bits per heavy atom. The third-order valence-corrected chi connectivity index (χ3v) is 8.46. The van der Waals surface area contributed by atoms with Gasteiger partial charge in [-0.05, 0) is 98.7 Å². The van der Waals surface area contributed by atoms with Crippen LogP contribution >= 0.6 is 12.2 Å². The summed E-state index contributed by atoms with van der Waals surface area (Å²) >= 11 is 5.34. The van der Waals surface area contributed by atoms with E-state index in [9.17, 15) is 16.8 Å². The van der Waals surface area contributed by atoms with Crippen molar-refractivity contribution in [2.24, 2.45) is 0 Å². The lowest BCUT2D eigenvalue weighted by atomic mass is 10.1. The van der Waals surface area contributed by atoms with Crippen LogP contribution in [0.3, 0.4) is 0 Å². The number of thiocarbonyl (C=S) groups is 1.